The molecule has 0 aliphatic carbocycles. The first-order chi connectivity index (χ1) is 8.17. The molecule has 0 bridgehead atoms. The molecule has 1 saturated heterocycles. The van der Waals surface area contributed by atoms with Crippen LogP contribution in [0.1, 0.15) is 47.5 Å². The van der Waals surface area contributed by atoms with Gasteiger partial charge in [0.15, 0.2) is 12.1 Å². The van der Waals surface area contributed by atoms with Crippen molar-refractivity contribution in [2.75, 3.05) is 0 Å². The normalized spacial score (nSPS) is 28.8. The highest BCUT2D eigenvalue weighted by Gasteiger charge is 2.32. The molecule has 0 aromatic rings. The third-order valence-electron chi connectivity index (χ3n) is 2.48. The van der Waals surface area contributed by atoms with Crippen molar-refractivity contribution in [1.82, 2.24) is 0 Å². The maximum atomic E-state index is 11.7. The molecule has 5 heteroatoms. The molecule has 1 heterocycles. The zero-order chi connectivity index (χ0) is 13.9. The molecule has 0 spiro atoms. The van der Waals surface area contributed by atoms with Crippen molar-refractivity contribution in [3.8, 4) is 0 Å². The monoisotopic (exact) mass is 258 g/mol. The second-order valence-electron chi connectivity index (χ2n) is 5.59. The van der Waals surface area contributed by atoms with E-state index in [1.807, 2.05) is 20.8 Å². The van der Waals surface area contributed by atoms with Crippen molar-refractivity contribution in [2.45, 2.75) is 71.6 Å². The van der Waals surface area contributed by atoms with E-state index < -0.39 is 18.0 Å². The first-order valence-electron chi connectivity index (χ1n) is 6.20. The topological polar surface area (TPSA) is 61.8 Å². The molecule has 1 rings (SSSR count). The zero-order valence-corrected chi connectivity index (χ0v) is 11.7. The maximum absolute atomic E-state index is 11.7. The molecule has 1 aliphatic rings. The van der Waals surface area contributed by atoms with Gasteiger partial charge < -0.3 is 14.2 Å². The Labute approximate surface area is 108 Å². The third kappa shape index (κ3) is 5.14. The van der Waals surface area contributed by atoms with Crippen LogP contribution in [-0.4, -0.2) is 35.9 Å². The summed E-state index contributed by atoms with van der Waals surface area (Å²) in [5.74, 6) is -0.358. The van der Waals surface area contributed by atoms with E-state index in [4.69, 9.17) is 14.2 Å². The fourth-order valence-electron chi connectivity index (χ4n) is 1.85. The first kappa shape index (κ1) is 15.1. The van der Waals surface area contributed by atoms with E-state index in [0.29, 0.717) is 6.42 Å². The number of esters is 1. The number of ketones is 1. The Kier molecular flexibility index (Phi) is 4.87. The average Bonchev–Trinajstić information content (AvgIpc) is 2.12. The van der Waals surface area contributed by atoms with Gasteiger partial charge in [-0.15, -0.1) is 0 Å². The quantitative estimate of drug-likeness (QED) is 0.723. The van der Waals surface area contributed by atoms with E-state index in [1.165, 1.54) is 6.92 Å². The van der Waals surface area contributed by atoms with Gasteiger partial charge in [-0.3, -0.25) is 9.59 Å². The molecular formula is C13H22O5. The van der Waals surface area contributed by atoms with E-state index in [2.05, 4.69) is 0 Å². The number of carbonyl (C=O) groups excluding carboxylic acids is 2. The number of rotatable bonds is 3. The molecule has 1 unspecified atom stereocenters. The zero-order valence-electron chi connectivity index (χ0n) is 11.7. The van der Waals surface area contributed by atoms with Crippen molar-refractivity contribution in [3.05, 3.63) is 0 Å². The highest BCUT2D eigenvalue weighted by atomic mass is 16.7. The van der Waals surface area contributed by atoms with Gasteiger partial charge in [-0.05, 0) is 34.6 Å². The summed E-state index contributed by atoms with van der Waals surface area (Å²) in [6.45, 7) is 8.65. The standard InChI is InChI=1S/C13H22O5/c1-8(14)11-6-10(16-9(2)17-11)7-12(15)18-13(3,4)5/h9-11H,6-7H2,1-5H3/t9?,10-,11+/m1/s1. The molecule has 1 aliphatic heterocycles. The van der Waals surface area contributed by atoms with Gasteiger partial charge in [-0.2, -0.15) is 0 Å². The Hall–Kier alpha value is -0.940. The second kappa shape index (κ2) is 5.80. The van der Waals surface area contributed by atoms with E-state index in [-0.39, 0.29) is 24.3 Å². The summed E-state index contributed by atoms with van der Waals surface area (Å²) in [7, 11) is 0. The number of hydrogen-bond acceptors (Lipinski definition) is 5. The van der Waals surface area contributed by atoms with Gasteiger partial charge in [0.2, 0.25) is 0 Å². The summed E-state index contributed by atoms with van der Waals surface area (Å²) in [6.07, 6.45) is -0.730. The van der Waals surface area contributed by atoms with E-state index in [1.54, 1.807) is 6.92 Å². The van der Waals surface area contributed by atoms with Gasteiger partial charge in [0.1, 0.15) is 11.7 Å². The fraction of sp³-hybridized carbons (Fsp3) is 0.846. The molecule has 0 amide bonds. The summed E-state index contributed by atoms with van der Waals surface area (Å²) >= 11 is 0. The van der Waals surface area contributed by atoms with Gasteiger partial charge in [-0.25, -0.2) is 0 Å². The summed E-state index contributed by atoms with van der Waals surface area (Å²) in [5.41, 5.74) is -0.506. The Morgan fingerprint density at radius 3 is 2.39 bits per heavy atom. The van der Waals surface area contributed by atoms with E-state index >= 15 is 0 Å². The highest BCUT2D eigenvalue weighted by molar-refractivity contribution is 5.80. The lowest BCUT2D eigenvalue weighted by Crippen LogP contribution is -2.41. The molecule has 0 radical (unpaired) electrons. The van der Waals surface area contributed by atoms with Crippen LogP contribution in [0.3, 0.4) is 0 Å². The number of carbonyl (C=O) groups is 2. The van der Waals surface area contributed by atoms with Crippen molar-refractivity contribution in [2.24, 2.45) is 0 Å². The molecule has 0 saturated carbocycles. The van der Waals surface area contributed by atoms with Crippen LogP contribution in [0.15, 0.2) is 0 Å². The number of ether oxygens (including phenoxy) is 3. The van der Waals surface area contributed by atoms with Crippen molar-refractivity contribution in [3.63, 3.8) is 0 Å². The summed E-state index contributed by atoms with van der Waals surface area (Å²) in [4.78, 5) is 23.0. The molecule has 18 heavy (non-hydrogen) atoms. The minimum atomic E-state index is -0.506. The lowest BCUT2D eigenvalue weighted by atomic mass is 10.0. The van der Waals surface area contributed by atoms with Crippen molar-refractivity contribution >= 4 is 11.8 Å². The molecule has 104 valence electrons. The molecular weight excluding hydrogens is 236 g/mol. The third-order valence-corrected chi connectivity index (χ3v) is 2.48. The van der Waals surface area contributed by atoms with Gasteiger partial charge in [0.05, 0.1) is 12.5 Å². The van der Waals surface area contributed by atoms with E-state index in [9.17, 15) is 9.59 Å². The lowest BCUT2D eigenvalue weighted by molar-refractivity contribution is -0.232. The van der Waals surface area contributed by atoms with Gasteiger partial charge in [-0.1, -0.05) is 0 Å². The van der Waals surface area contributed by atoms with Crippen LogP contribution in [0.2, 0.25) is 0 Å². The minimum absolute atomic E-state index is 0.0423. The first-order valence-corrected chi connectivity index (χ1v) is 6.20. The molecule has 3 atom stereocenters. The predicted molar refractivity (Wildman–Crippen MR) is 65.0 cm³/mol. The van der Waals surface area contributed by atoms with Crippen LogP contribution in [0.25, 0.3) is 0 Å². The van der Waals surface area contributed by atoms with E-state index in [0.717, 1.165) is 0 Å². The SMILES string of the molecule is CC(=O)[C@@H]1C[C@H](CC(=O)OC(C)(C)C)OC(C)O1. The minimum Gasteiger partial charge on any atom is -0.460 e. The average molecular weight is 258 g/mol. The van der Waals surface area contributed by atoms with Crippen LogP contribution in [0.4, 0.5) is 0 Å². The molecule has 0 aromatic heterocycles. The Bertz CT molecular complexity index is 318. The highest BCUT2D eigenvalue weighted by Crippen LogP contribution is 2.22. The van der Waals surface area contributed by atoms with Crippen molar-refractivity contribution in [1.29, 1.82) is 0 Å². The fourth-order valence-corrected chi connectivity index (χ4v) is 1.85. The predicted octanol–water partition coefficient (Wildman–Crippen LogP) is 1.83. The molecule has 5 nitrogen and oxygen atoms in total. The van der Waals surface area contributed by atoms with Gasteiger partial charge >= 0.3 is 5.97 Å². The summed E-state index contributed by atoms with van der Waals surface area (Å²) in [6, 6.07) is 0. The number of hydrogen-bond donors (Lipinski definition) is 0. The largest absolute Gasteiger partial charge is 0.460 e. The Balaban J connectivity index is 2.51. The summed E-state index contributed by atoms with van der Waals surface area (Å²) < 4.78 is 16.0. The second-order valence-corrected chi connectivity index (χ2v) is 5.59. The molecule has 0 N–H and O–H groups in total. The van der Waals surface area contributed by atoms with Crippen LogP contribution >= 0.6 is 0 Å². The smallest absolute Gasteiger partial charge is 0.308 e. The Morgan fingerprint density at radius 2 is 1.89 bits per heavy atom. The van der Waals surface area contributed by atoms with Gasteiger partial charge in [0.25, 0.3) is 0 Å². The van der Waals surface area contributed by atoms with Crippen LogP contribution in [-0.2, 0) is 23.8 Å². The molecule has 1 fully saturated rings. The number of Topliss-reactive ketones (excluding diaryl/α,β-unsaturated/α-hetero) is 1. The van der Waals surface area contributed by atoms with Gasteiger partial charge in [0, 0.05) is 6.42 Å². The maximum Gasteiger partial charge on any atom is 0.308 e. The van der Waals surface area contributed by atoms with Crippen LogP contribution in [0, 0.1) is 0 Å². The lowest BCUT2D eigenvalue weighted by Gasteiger charge is -2.33. The Morgan fingerprint density at radius 1 is 1.28 bits per heavy atom. The van der Waals surface area contributed by atoms with Crippen LogP contribution in [0.5, 0.6) is 0 Å². The van der Waals surface area contributed by atoms with Crippen molar-refractivity contribution < 1.29 is 23.8 Å². The summed E-state index contributed by atoms with van der Waals surface area (Å²) in [5, 5.41) is 0. The van der Waals surface area contributed by atoms with Crippen LogP contribution < -0.4 is 0 Å². The molecule has 0 aromatic carbocycles.